The highest BCUT2D eigenvalue weighted by atomic mass is 35.5. The zero-order valence-corrected chi connectivity index (χ0v) is 17.2. The van der Waals surface area contributed by atoms with Gasteiger partial charge in [-0.1, -0.05) is 29.3 Å². The molecule has 1 aromatic rings. The topological polar surface area (TPSA) is 69.6 Å². The van der Waals surface area contributed by atoms with Gasteiger partial charge in [0, 0.05) is 12.6 Å². The van der Waals surface area contributed by atoms with Crippen molar-refractivity contribution in [3.8, 4) is 11.5 Å². The van der Waals surface area contributed by atoms with Gasteiger partial charge in [0.25, 0.3) is 0 Å². The number of hydrogen-bond donors (Lipinski definition) is 0. The Hall–Kier alpha value is -2.38. The van der Waals surface area contributed by atoms with Crippen LogP contribution in [0, 0.1) is 0 Å². The molecule has 1 aromatic carbocycles. The van der Waals surface area contributed by atoms with Gasteiger partial charge in [-0.2, -0.15) is 0 Å². The quantitative estimate of drug-likeness (QED) is 0.642. The third kappa shape index (κ3) is 4.20. The first-order chi connectivity index (χ1) is 13.5. The third-order valence-corrected chi connectivity index (χ3v) is 4.78. The standard InChI is InChI=1S/C19H20Cl2N2O5/c1-4-27-19(24)28-17-9-14(11-5-6-15(25-2)16(7-11)26-3)23-10-12(20)8-13(21)18(23)22-17/h5-8,10,14,17H,4,9H2,1-3H3. The first kappa shape index (κ1) is 20.4. The van der Waals surface area contributed by atoms with Crippen LogP contribution in [0.2, 0.25) is 0 Å². The Morgan fingerprint density at radius 2 is 2.00 bits per heavy atom. The van der Waals surface area contributed by atoms with E-state index in [2.05, 4.69) is 4.99 Å². The number of hydrogen-bond acceptors (Lipinski definition) is 7. The van der Waals surface area contributed by atoms with E-state index in [1.165, 1.54) is 0 Å². The number of carbonyl (C=O) groups is 1. The maximum Gasteiger partial charge on any atom is 0.510 e. The van der Waals surface area contributed by atoms with Crippen LogP contribution in [-0.2, 0) is 9.47 Å². The van der Waals surface area contributed by atoms with E-state index >= 15 is 0 Å². The zero-order chi connectivity index (χ0) is 20.3. The fourth-order valence-corrected chi connectivity index (χ4v) is 3.63. The summed E-state index contributed by atoms with van der Waals surface area (Å²) in [6, 6.07) is 5.34. The van der Waals surface area contributed by atoms with Crippen molar-refractivity contribution in [3.63, 3.8) is 0 Å². The van der Waals surface area contributed by atoms with Crippen molar-refractivity contribution in [1.29, 1.82) is 0 Å². The van der Waals surface area contributed by atoms with Crippen molar-refractivity contribution in [2.75, 3.05) is 20.8 Å². The Labute approximate surface area is 173 Å². The molecule has 7 nitrogen and oxygen atoms in total. The van der Waals surface area contributed by atoms with Gasteiger partial charge in [0.05, 0.1) is 36.9 Å². The van der Waals surface area contributed by atoms with E-state index in [0.29, 0.717) is 33.8 Å². The number of rotatable bonds is 5. The molecular weight excluding hydrogens is 407 g/mol. The van der Waals surface area contributed by atoms with E-state index in [-0.39, 0.29) is 12.6 Å². The van der Waals surface area contributed by atoms with Gasteiger partial charge in [-0.3, -0.25) is 0 Å². The van der Waals surface area contributed by atoms with E-state index in [9.17, 15) is 4.79 Å². The number of fused-ring (bicyclic) bond motifs is 1. The van der Waals surface area contributed by atoms with E-state index < -0.39 is 12.4 Å². The number of carbonyl (C=O) groups excluding carboxylic acids is 1. The lowest BCUT2D eigenvalue weighted by molar-refractivity contribution is 0.0166. The molecule has 0 N–H and O–H groups in total. The molecule has 0 amide bonds. The Morgan fingerprint density at radius 1 is 1.25 bits per heavy atom. The monoisotopic (exact) mass is 426 g/mol. The molecule has 2 aliphatic heterocycles. The van der Waals surface area contributed by atoms with Gasteiger partial charge in [-0.05, 0) is 30.7 Å². The number of ether oxygens (including phenoxy) is 4. The average molecular weight is 427 g/mol. The fourth-order valence-electron chi connectivity index (χ4n) is 3.09. The Bertz CT molecular complexity index is 853. The molecular formula is C19H20Cl2N2O5. The van der Waals surface area contributed by atoms with Crippen molar-refractivity contribution in [1.82, 2.24) is 4.90 Å². The number of aliphatic imine (C=N–C) groups is 1. The van der Waals surface area contributed by atoms with E-state index in [4.69, 9.17) is 42.1 Å². The number of halogens is 2. The number of benzene rings is 1. The number of allylic oxidation sites excluding steroid dienone is 2. The molecule has 28 heavy (non-hydrogen) atoms. The second-order valence-electron chi connectivity index (χ2n) is 5.99. The molecule has 9 heteroatoms. The lowest BCUT2D eigenvalue weighted by Gasteiger charge is -2.39. The van der Waals surface area contributed by atoms with Crippen LogP contribution < -0.4 is 9.47 Å². The number of nitrogens with zero attached hydrogens (tertiary/aromatic N) is 2. The summed E-state index contributed by atoms with van der Waals surface area (Å²) in [7, 11) is 3.14. The molecule has 0 radical (unpaired) electrons. The summed E-state index contributed by atoms with van der Waals surface area (Å²) in [5, 5.41) is 0.828. The highest BCUT2D eigenvalue weighted by molar-refractivity contribution is 6.45. The minimum atomic E-state index is -0.777. The second-order valence-corrected chi connectivity index (χ2v) is 6.83. The first-order valence-corrected chi connectivity index (χ1v) is 9.38. The second kappa shape index (κ2) is 8.75. The number of methoxy groups -OCH3 is 2. The van der Waals surface area contributed by atoms with Crippen LogP contribution in [0.4, 0.5) is 4.79 Å². The van der Waals surface area contributed by atoms with Gasteiger partial charge in [-0.15, -0.1) is 0 Å². The SMILES string of the molecule is CCOC(=O)OC1CC(c2ccc(OC)c(OC)c2)N2C=C(Cl)C=C(Cl)C2=N1. The third-order valence-electron chi connectivity index (χ3n) is 4.30. The van der Waals surface area contributed by atoms with Crippen LogP contribution >= 0.6 is 23.2 Å². The van der Waals surface area contributed by atoms with Crippen molar-refractivity contribution in [2.45, 2.75) is 25.6 Å². The van der Waals surface area contributed by atoms with Crippen LogP contribution in [-0.4, -0.2) is 43.9 Å². The van der Waals surface area contributed by atoms with E-state index in [1.807, 2.05) is 23.1 Å². The fraction of sp³-hybridized carbons (Fsp3) is 0.368. The van der Waals surface area contributed by atoms with Gasteiger partial charge < -0.3 is 23.8 Å². The number of amidine groups is 1. The van der Waals surface area contributed by atoms with Gasteiger partial charge in [-0.25, -0.2) is 9.79 Å². The average Bonchev–Trinajstić information content (AvgIpc) is 2.67. The van der Waals surface area contributed by atoms with Gasteiger partial charge in [0.1, 0.15) is 0 Å². The molecule has 0 saturated carbocycles. The highest BCUT2D eigenvalue weighted by Crippen LogP contribution is 2.40. The summed E-state index contributed by atoms with van der Waals surface area (Å²) in [6.45, 7) is 1.92. The Balaban J connectivity index is 1.98. The molecule has 3 rings (SSSR count). The lowest BCUT2D eigenvalue weighted by atomic mass is 9.98. The van der Waals surface area contributed by atoms with Gasteiger partial charge >= 0.3 is 6.16 Å². The van der Waals surface area contributed by atoms with E-state index in [0.717, 1.165) is 5.56 Å². The predicted molar refractivity (Wildman–Crippen MR) is 106 cm³/mol. The molecule has 2 heterocycles. The Morgan fingerprint density at radius 3 is 2.68 bits per heavy atom. The van der Waals surface area contributed by atoms with Crippen LogP contribution in [0.3, 0.4) is 0 Å². The minimum Gasteiger partial charge on any atom is -0.493 e. The summed E-state index contributed by atoms with van der Waals surface area (Å²) in [6.07, 6.45) is 2.19. The predicted octanol–water partition coefficient (Wildman–Crippen LogP) is 4.56. The summed E-state index contributed by atoms with van der Waals surface area (Å²) < 4.78 is 20.9. The molecule has 2 aliphatic rings. The van der Waals surface area contributed by atoms with Crippen LogP contribution in [0.25, 0.3) is 0 Å². The molecule has 0 fully saturated rings. The summed E-state index contributed by atoms with van der Waals surface area (Å²) in [5.74, 6) is 1.66. The van der Waals surface area contributed by atoms with Crippen LogP contribution in [0.5, 0.6) is 11.5 Å². The summed E-state index contributed by atoms with van der Waals surface area (Å²) >= 11 is 12.6. The Kier molecular flexibility index (Phi) is 6.36. The smallest absolute Gasteiger partial charge is 0.493 e. The molecule has 0 aliphatic carbocycles. The summed E-state index contributed by atoms with van der Waals surface area (Å²) in [5.41, 5.74) is 0.898. The summed E-state index contributed by atoms with van der Waals surface area (Å²) in [4.78, 5) is 18.1. The molecule has 0 aromatic heterocycles. The largest absolute Gasteiger partial charge is 0.510 e. The zero-order valence-electron chi connectivity index (χ0n) is 15.6. The highest BCUT2D eigenvalue weighted by Gasteiger charge is 2.36. The molecule has 0 bridgehead atoms. The molecule has 2 atom stereocenters. The maximum absolute atomic E-state index is 11.8. The van der Waals surface area contributed by atoms with Gasteiger partial charge in [0.15, 0.2) is 17.3 Å². The molecule has 0 spiro atoms. The normalized spacial score (nSPS) is 21.0. The van der Waals surface area contributed by atoms with Crippen LogP contribution in [0.1, 0.15) is 24.9 Å². The molecule has 2 unspecified atom stereocenters. The van der Waals surface area contributed by atoms with Crippen LogP contribution in [0.15, 0.2) is 45.5 Å². The van der Waals surface area contributed by atoms with Crippen molar-refractivity contribution in [2.24, 2.45) is 4.99 Å². The van der Waals surface area contributed by atoms with Crippen molar-refractivity contribution >= 4 is 35.2 Å². The minimum absolute atomic E-state index is 0.215. The van der Waals surface area contributed by atoms with E-state index in [1.54, 1.807) is 33.4 Å². The molecule has 150 valence electrons. The van der Waals surface area contributed by atoms with Crippen molar-refractivity contribution < 1.29 is 23.7 Å². The molecule has 0 saturated heterocycles. The lowest BCUT2D eigenvalue weighted by Crippen LogP contribution is -2.40. The van der Waals surface area contributed by atoms with Crippen molar-refractivity contribution in [3.05, 3.63) is 46.1 Å². The first-order valence-electron chi connectivity index (χ1n) is 8.63. The maximum atomic E-state index is 11.8. The van der Waals surface area contributed by atoms with Gasteiger partial charge in [0.2, 0.25) is 6.23 Å².